The van der Waals surface area contributed by atoms with Gasteiger partial charge in [0, 0.05) is 0 Å². The Kier molecular flexibility index (Phi) is 6.40. The van der Waals surface area contributed by atoms with Gasteiger partial charge in [-0.15, -0.1) is 0 Å². The molecule has 2 aromatic carbocycles. The van der Waals surface area contributed by atoms with E-state index in [0.717, 1.165) is 6.42 Å². The Morgan fingerprint density at radius 1 is 1.17 bits per heavy atom. The molecule has 2 rings (SSSR count). The van der Waals surface area contributed by atoms with Gasteiger partial charge in [0.2, 0.25) is 0 Å². The molecule has 0 bridgehead atoms. The van der Waals surface area contributed by atoms with E-state index in [4.69, 9.17) is 9.47 Å². The van der Waals surface area contributed by atoms with Gasteiger partial charge in [-0.05, 0) is 52.7 Å². The van der Waals surface area contributed by atoms with Gasteiger partial charge < -0.3 is 14.8 Å². The summed E-state index contributed by atoms with van der Waals surface area (Å²) in [5, 5.41) is 2.74. The molecule has 0 saturated heterocycles. The van der Waals surface area contributed by atoms with Crippen molar-refractivity contribution in [1.29, 1.82) is 0 Å². The van der Waals surface area contributed by atoms with E-state index >= 15 is 0 Å². The van der Waals surface area contributed by atoms with Gasteiger partial charge in [-0.3, -0.25) is 4.79 Å². The van der Waals surface area contributed by atoms with Gasteiger partial charge in [-0.2, -0.15) is 0 Å². The summed E-state index contributed by atoms with van der Waals surface area (Å²) in [6.45, 7) is 2.40. The lowest BCUT2D eigenvalue weighted by molar-refractivity contribution is -0.118. The van der Waals surface area contributed by atoms with Crippen LogP contribution in [0, 0.1) is 5.82 Å². The van der Waals surface area contributed by atoms with Crippen LogP contribution in [0.4, 0.5) is 10.1 Å². The van der Waals surface area contributed by atoms with E-state index in [9.17, 15) is 9.18 Å². The van der Waals surface area contributed by atoms with Crippen LogP contribution >= 0.6 is 15.9 Å². The van der Waals surface area contributed by atoms with Gasteiger partial charge in [-0.25, -0.2) is 4.39 Å². The first kappa shape index (κ1) is 17.3. The Bertz CT molecular complexity index is 679. The molecule has 0 aliphatic heterocycles. The lowest BCUT2D eigenvalue weighted by Gasteiger charge is -2.12. The molecule has 0 atom stereocenters. The SMILES string of the molecule is CCCOc1ccccc1NC(=O)COc1ccc(F)cc1Br. The molecule has 23 heavy (non-hydrogen) atoms. The number of halogens is 2. The summed E-state index contributed by atoms with van der Waals surface area (Å²) in [6, 6.07) is 11.2. The van der Waals surface area contributed by atoms with Crippen molar-refractivity contribution < 1.29 is 18.7 Å². The van der Waals surface area contributed by atoms with E-state index in [-0.39, 0.29) is 18.3 Å². The highest BCUT2D eigenvalue weighted by Crippen LogP contribution is 2.26. The van der Waals surface area contributed by atoms with E-state index in [0.29, 0.717) is 28.3 Å². The van der Waals surface area contributed by atoms with Gasteiger partial charge in [0.15, 0.2) is 6.61 Å². The number of ether oxygens (including phenoxy) is 2. The van der Waals surface area contributed by atoms with Gasteiger partial charge in [0.05, 0.1) is 16.8 Å². The topological polar surface area (TPSA) is 47.6 Å². The van der Waals surface area contributed by atoms with Crippen molar-refractivity contribution in [1.82, 2.24) is 0 Å². The molecular weight excluding hydrogens is 365 g/mol. The fraction of sp³-hybridized carbons (Fsp3) is 0.235. The smallest absolute Gasteiger partial charge is 0.262 e. The number of hydrogen-bond acceptors (Lipinski definition) is 3. The van der Waals surface area contributed by atoms with E-state index in [1.807, 2.05) is 19.1 Å². The second-order valence-corrected chi connectivity index (χ2v) is 5.61. The minimum atomic E-state index is -0.379. The Balaban J connectivity index is 1.94. The number of carbonyl (C=O) groups is 1. The van der Waals surface area contributed by atoms with Crippen LogP contribution in [-0.2, 0) is 4.79 Å². The summed E-state index contributed by atoms with van der Waals surface area (Å²) in [5.41, 5.74) is 0.590. The lowest BCUT2D eigenvalue weighted by Crippen LogP contribution is -2.20. The van der Waals surface area contributed by atoms with Crippen molar-refractivity contribution in [3.8, 4) is 11.5 Å². The summed E-state index contributed by atoms with van der Waals surface area (Å²) in [4.78, 5) is 12.0. The quantitative estimate of drug-likeness (QED) is 0.773. The van der Waals surface area contributed by atoms with Crippen molar-refractivity contribution in [3.63, 3.8) is 0 Å². The predicted molar refractivity (Wildman–Crippen MR) is 90.5 cm³/mol. The lowest BCUT2D eigenvalue weighted by atomic mass is 10.3. The molecule has 0 aromatic heterocycles. The summed E-state index contributed by atoms with van der Waals surface area (Å²) in [7, 11) is 0. The zero-order valence-corrected chi connectivity index (χ0v) is 14.2. The highest BCUT2D eigenvalue weighted by molar-refractivity contribution is 9.10. The van der Waals surface area contributed by atoms with E-state index < -0.39 is 0 Å². The van der Waals surface area contributed by atoms with E-state index in [2.05, 4.69) is 21.2 Å². The van der Waals surface area contributed by atoms with Crippen LogP contribution in [-0.4, -0.2) is 19.1 Å². The molecule has 1 N–H and O–H groups in total. The maximum atomic E-state index is 13.0. The Morgan fingerprint density at radius 2 is 1.96 bits per heavy atom. The molecule has 0 radical (unpaired) electrons. The maximum Gasteiger partial charge on any atom is 0.262 e. The van der Waals surface area contributed by atoms with Crippen LogP contribution in [0.1, 0.15) is 13.3 Å². The minimum Gasteiger partial charge on any atom is -0.491 e. The molecule has 1 amide bonds. The predicted octanol–water partition coefficient (Wildman–Crippen LogP) is 4.39. The number of hydrogen-bond donors (Lipinski definition) is 1. The van der Waals surface area contributed by atoms with E-state index in [1.165, 1.54) is 18.2 Å². The first-order valence-electron chi connectivity index (χ1n) is 7.19. The molecule has 0 spiro atoms. The van der Waals surface area contributed by atoms with E-state index in [1.54, 1.807) is 12.1 Å². The van der Waals surface area contributed by atoms with Crippen molar-refractivity contribution in [2.45, 2.75) is 13.3 Å². The van der Waals surface area contributed by atoms with Crippen LogP contribution in [0.2, 0.25) is 0 Å². The summed E-state index contributed by atoms with van der Waals surface area (Å²) < 4.78 is 24.4. The molecule has 0 saturated carbocycles. The third kappa shape index (κ3) is 5.25. The van der Waals surface area contributed by atoms with Crippen LogP contribution in [0.5, 0.6) is 11.5 Å². The average Bonchev–Trinajstić information content (AvgIpc) is 2.53. The molecule has 0 fully saturated rings. The number of anilines is 1. The largest absolute Gasteiger partial charge is 0.491 e. The number of para-hydroxylation sites is 2. The van der Waals surface area contributed by atoms with Crippen molar-refractivity contribution in [2.75, 3.05) is 18.5 Å². The molecule has 0 heterocycles. The molecule has 122 valence electrons. The molecule has 6 heteroatoms. The van der Waals surface area contributed by atoms with Crippen LogP contribution in [0.25, 0.3) is 0 Å². The number of rotatable bonds is 7. The molecule has 4 nitrogen and oxygen atoms in total. The van der Waals surface area contributed by atoms with Crippen LogP contribution in [0.15, 0.2) is 46.9 Å². The summed E-state index contributed by atoms with van der Waals surface area (Å²) in [5.74, 6) is 0.312. The molecule has 0 aliphatic rings. The van der Waals surface area contributed by atoms with Gasteiger partial charge in [-0.1, -0.05) is 19.1 Å². The zero-order chi connectivity index (χ0) is 16.7. The third-order valence-electron chi connectivity index (χ3n) is 2.88. The Hall–Kier alpha value is -2.08. The minimum absolute atomic E-state index is 0.188. The highest BCUT2D eigenvalue weighted by atomic mass is 79.9. The van der Waals surface area contributed by atoms with Gasteiger partial charge in [0.1, 0.15) is 17.3 Å². The maximum absolute atomic E-state index is 13.0. The monoisotopic (exact) mass is 381 g/mol. The second-order valence-electron chi connectivity index (χ2n) is 4.76. The van der Waals surface area contributed by atoms with Gasteiger partial charge in [0.25, 0.3) is 5.91 Å². The first-order valence-corrected chi connectivity index (χ1v) is 7.99. The zero-order valence-electron chi connectivity index (χ0n) is 12.6. The fourth-order valence-corrected chi connectivity index (χ4v) is 2.29. The van der Waals surface area contributed by atoms with Crippen LogP contribution in [0.3, 0.4) is 0 Å². The fourth-order valence-electron chi connectivity index (χ4n) is 1.83. The van der Waals surface area contributed by atoms with Crippen LogP contribution < -0.4 is 14.8 Å². The van der Waals surface area contributed by atoms with Crippen molar-refractivity contribution >= 4 is 27.5 Å². The molecular formula is C17H17BrFNO3. The Labute approximate surface area is 142 Å². The number of nitrogens with one attached hydrogen (secondary N) is 1. The molecule has 2 aromatic rings. The number of benzene rings is 2. The van der Waals surface area contributed by atoms with Crippen molar-refractivity contribution in [2.24, 2.45) is 0 Å². The highest BCUT2D eigenvalue weighted by Gasteiger charge is 2.10. The van der Waals surface area contributed by atoms with Crippen molar-refractivity contribution in [3.05, 3.63) is 52.8 Å². The Morgan fingerprint density at radius 3 is 2.70 bits per heavy atom. The normalized spacial score (nSPS) is 10.2. The summed E-state index contributed by atoms with van der Waals surface area (Å²) in [6.07, 6.45) is 0.879. The molecule has 0 aliphatic carbocycles. The molecule has 0 unspecified atom stereocenters. The summed E-state index contributed by atoms with van der Waals surface area (Å²) >= 11 is 3.19. The second kappa shape index (κ2) is 8.53. The number of amides is 1. The first-order chi connectivity index (χ1) is 11.1. The van der Waals surface area contributed by atoms with Gasteiger partial charge >= 0.3 is 0 Å². The average molecular weight is 382 g/mol. The third-order valence-corrected chi connectivity index (χ3v) is 3.50. The standard InChI is InChI=1S/C17H17BrFNO3/c1-2-9-22-16-6-4-3-5-14(16)20-17(21)11-23-15-8-7-12(19)10-13(15)18/h3-8,10H,2,9,11H2,1H3,(H,20,21). The number of carbonyl (C=O) groups excluding carboxylic acids is 1.